The maximum absolute atomic E-state index is 13.2. The lowest BCUT2D eigenvalue weighted by molar-refractivity contribution is -0.137. The number of carbonyl (C=O) groups is 2. The van der Waals surface area contributed by atoms with E-state index in [4.69, 9.17) is 0 Å². The van der Waals surface area contributed by atoms with Crippen molar-refractivity contribution in [3.8, 4) is 0 Å². The third-order valence-corrected chi connectivity index (χ3v) is 4.22. The van der Waals surface area contributed by atoms with Gasteiger partial charge in [0.25, 0.3) is 0 Å². The number of allylic oxidation sites excluding steroid dienone is 3. The average molecular weight is 333 g/mol. The molecule has 0 radical (unpaired) electrons. The van der Waals surface area contributed by atoms with Crippen molar-refractivity contribution in [3.63, 3.8) is 0 Å². The molecule has 0 aromatic heterocycles. The Morgan fingerprint density at radius 2 is 1.96 bits per heavy atom. The standard InChI is InChI=1S/C19H31N3O2/c1-5-8-17(9-6-2)18(21-13-11-20(4)12-14-21)19(24)22(10-7-3)15-16-23/h5-6,8-9,16,18H,1,7,10-15H2,2-4H3/b9-6-,17-8+. The number of nitrogens with zero attached hydrogens (tertiary/aromatic N) is 3. The molecule has 1 atom stereocenters. The summed E-state index contributed by atoms with van der Waals surface area (Å²) in [6.45, 7) is 12.0. The van der Waals surface area contributed by atoms with Gasteiger partial charge in [-0.25, -0.2) is 0 Å². The summed E-state index contributed by atoms with van der Waals surface area (Å²) in [6, 6.07) is -0.362. The largest absolute Gasteiger partial charge is 0.334 e. The molecule has 0 aromatic rings. The lowest BCUT2D eigenvalue weighted by Gasteiger charge is -2.39. The van der Waals surface area contributed by atoms with Gasteiger partial charge in [0.1, 0.15) is 12.3 Å². The summed E-state index contributed by atoms with van der Waals surface area (Å²) in [4.78, 5) is 30.3. The quantitative estimate of drug-likeness (QED) is 0.476. The lowest BCUT2D eigenvalue weighted by atomic mass is 10.0. The van der Waals surface area contributed by atoms with Crippen molar-refractivity contribution in [2.24, 2.45) is 0 Å². The minimum absolute atomic E-state index is 0.000275. The van der Waals surface area contributed by atoms with Gasteiger partial charge in [-0.15, -0.1) is 0 Å². The fourth-order valence-corrected chi connectivity index (χ4v) is 2.98. The van der Waals surface area contributed by atoms with Crippen molar-refractivity contribution in [2.45, 2.75) is 26.3 Å². The van der Waals surface area contributed by atoms with Gasteiger partial charge in [0.05, 0.1) is 6.54 Å². The van der Waals surface area contributed by atoms with Gasteiger partial charge >= 0.3 is 0 Å². The fraction of sp³-hybridized carbons (Fsp3) is 0.579. The topological polar surface area (TPSA) is 43.9 Å². The van der Waals surface area contributed by atoms with Crippen LogP contribution in [0.25, 0.3) is 0 Å². The SMILES string of the molecule is C=C/C=C(\C=C/C)C(C(=O)N(CC=O)CCC)N1CCN(C)CC1. The summed E-state index contributed by atoms with van der Waals surface area (Å²) in [5.41, 5.74) is 0.925. The summed E-state index contributed by atoms with van der Waals surface area (Å²) in [5.74, 6) is -0.000275. The van der Waals surface area contributed by atoms with Crippen LogP contribution in [-0.4, -0.2) is 79.3 Å². The highest BCUT2D eigenvalue weighted by atomic mass is 16.2. The number of piperazine rings is 1. The van der Waals surface area contributed by atoms with Gasteiger partial charge in [-0.2, -0.15) is 0 Å². The van der Waals surface area contributed by atoms with Gasteiger partial charge in [-0.3, -0.25) is 9.69 Å². The van der Waals surface area contributed by atoms with Crippen molar-refractivity contribution < 1.29 is 9.59 Å². The van der Waals surface area contributed by atoms with Crippen LogP contribution in [0, 0.1) is 0 Å². The first kappa shape index (κ1) is 20.3. The highest BCUT2D eigenvalue weighted by Gasteiger charge is 2.33. The lowest BCUT2D eigenvalue weighted by Crippen LogP contribution is -2.55. The number of hydrogen-bond donors (Lipinski definition) is 0. The van der Waals surface area contributed by atoms with Crippen LogP contribution in [-0.2, 0) is 9.59 Å². The van der Waals surface area contributed by atoms with E-state index in [1.807, 2.05) is 32.1 Å². The Kier molecular flexibility index (Phi) is 9.27. The highest BCUT2D eigenvalue weighted by Crippen LogP contribution is 2.18. The third-order valence-electron chi connectivity index (χ3n) is 4.22. The summed E-state index contributed by atoms with van der Waals surface area (Å²) in [7, 11) is 2.09. The zero-order valence-corrected chi connectivity index (χ0v) is 15.3. The molecule has 5 heteroatoms. The predicted octanol–water partition coefficient (Wildman–Crippen LogP) is 1.73. The van der Waals surface area contributed by atoms with Gasteiger partial charge in [-0.05, 0) is 26.0 Å². The number of amides is 1. The van der Waals surface area contributed by atoms with E-state index in [9.17, 15) is 9.59 Å². The van der Waals surface area contributed by atoms with Gasteiger partial charge in [0, 0.05) is 32.7 Å². The number of aldehydes is 1. The van der Waals surface area contributed by atoms with E-state index in [0.717, 1.165) is 44.5 Å². The molecule has 1 fully saturated rings. The van der Waals surface area contributed by atoms with Crippen LogP contribution in [0.5, 0.6) is 0 Å². The maximum Gasteiger partial charge on any atom is 0.244 e. The molecule has 1 aliphatic rings. The molecule has 134 valence electrons. The minimum Gasteiger partial charge on any atom is -0.334 e. The van der Waals surface area contributed by atoms with Crippen LogP contribution < -0.4 is 0 Å². The molecule has 1 unspecified atom stereocenters. The van der Waals surface area contributed by atoms with Gasteiger partial charge in [-0.1, -0.05) is 37.8 Å². The first-order valence-electron chi connectivity index (χ1n) is 8.69. The molecule has 1 amide bonds. The van der Waals surface area contributed by atoms with Crippen LogP contribution in [0.15, 0.2) is 36.5 Å². The molecule has 24 heavy (non-hydrogen) atoms. The molecular formula is C19H31N3O2. The Labute approximate surface area is 146 Å². The van der Waals surface area contributed by atoms with E-state index < -0.39 is 0 Å². The van der Waals surface area contributed by atoms with Gasteiger partial charge < -0.3 is 14.6 Å². The van der Waals surface area contributed by atoms with E-state index in [2.05, 4.69) is 23.4 Å². The van der Waals surface area contributed by atoms with E-state index >= 15 is 0 Å². The van der Waals surface area contributed by atoms with Crippen molar-refractivity contribution in [2.75, 3.05) is 46.3 Å². The molecule has 0 bridgehead atoms. The summed E-state index contributed by atoms with van der Waals surface area (Å²) >= 11 is 0. The molecule has 5 nitrogen and oxygen atoms in total. The maximum atomic E-state index is 13.2. The van der Waals surface area contributed by atoms with Crippen molar-refractivity contribution in [1.82, 2.24) is 14.7 Å². The van der Waals surface area contributed by atoms with E-state index in [0.29, 0.717) is 6.54 Å². The van der Waals surface area contributed by atoms with Crippen LogP contribution in [0.4, 0.5) is 0 Å². The summed E-state index contributed by atoms with van der Waals surface area (Å²) < 4.78 is 0. The number of rotatable bonds is 9. The molecule has 0 N–H and O–H groups in total. The summed E-state index contributed by atoms with van der Waals surface area (Å²) in [6.07, 6.45) is 9.16. The molecule has 0 spiro atoms. The van der Waals surface area contributed by atoms with Crippen molar-refractivity contribution >= 4 is 12.2 Å². The molecule has 1 heterocycles. The van der Waals surface area contributed by atoms with Crippen LogP contribution in [0.2, 0.25) is 0 Å². The molecular weight excluding hydrogens is 302 g/mol. The van der Waals surface area contributed by atoms with Crippen molar-refractivity contribution in [3.05, 3.63) is 36.5 Å². The third kappa shape index (κ3) is 5.73. The number of likely N-dealkylation sites (N-methyl/N-ethyl adjacent to an activating group) is 1. The summed E-state index contributed by atoms with van der Waals surface area (Å²) in [5, 5.41) is 0. The first-order valence-corrected chi connectivity index (χ1v) is 8.69. The fourth-order valence-electron chi connectivity index (χ4n) is 2.98. The van der Waals surface area contributed by atoms with E-state index in [1.165, 1.54) is 0 Å². The smallest absolute Gasteiger partial charge is 0.244 e. The molecule has 1 saturated heterocycles. The minimum atomic E-state index is -0.362. The second-order valence-corrected chi connectivity index (χ2v) is 6.10. The second-order valence-electron chi connectivity index (χ2n) is 6.10. The van der Waals surface area contributed by atoms with Crippen LogP contribution in [0.3, 0.4) is 0 Å². The Morgan fingerprint density at radius 3 is 2.46 bits per heavy atom. The van der Waals surface area contributed by atoms with Crippen LogP contribution >= 0.6 is 0 Å². The van der Waals surface area contributed by atoms with Crippen molar-refractivity contribution in [1.29, 1.82) is 0 Å². The van der Waals surface area contributed by atoms with Gasteiger partial charge in [0.15, 0.2) is 0 Å². The normalized spacial score (nSPS) is 18.5. The van der Waals surface area contributed by atoms with E-state index in [1.54, 1.807) is 11.0 Å². The Morgan fingerprint density at radius 1 is 1.29 bits per heavy atom. The van der Waals surface area contributed by atoms with E-state index in [-0.39, 0.29) is 18.5 Å². The molecule has 1 aliphatic heterocycles. The Hall–Kier alpha value is -1.72. The Bertz CT molecular complexity index is 477. The molecule has 0 aliphatic carbocycles. The van der Waals surface area contributed by atoms with Gasteiger partial charge in [0.2, 0.25) is 5.91 Å². The molecule has 0 saturated carbocycles. The zero-order chi connectivity index (χ0) is 17.9. The monoisotopic (exact) mass is 333 g/mol. The highest BCUT2D eigenvalue weighted by molar-refractivity contribution is 5.87. The average Bonchev–Trinajstić information content (AvgIpc) is 2.57. The van der Waals surface area contributed by atoms with Crippen LogP contribution in [0.1, 0.15) is 20.3 Å². The number of carbonyl (C=O) groups excluding carboxylic acids is 2. The Balaban J connectivity index is 3.14. The zero-order valence-electron chi connectivity index (χ0n) is 15.3. The molecule has 1 rings (SSSR count). The predicted molar refractivity (Wildman–Crippen MR) is 98.9 cm³/mol. The number of hydrogen-bond acceptors (Lipinski definition) is 4. The first-order chi connectivity index (χ1) is 11.6. The second kappa shape index (κ2) is 10.9. The molecule has 0 aromatic carbocycles.